The predicted molar refractivity (Wildman–Crippen MR) is 76.5 cm³/mol. The molecule has 1 aromatic heterocycles. The first-order valence-electron chi connectivity index (χ1n) is 5.81. The minimum Gasteiger partial charge on any atom is -0.381 e. The lowest BCUT2D eigenvalue weighted by molar-refractivity contribution is -0.119. The number of alkyl halides is 1. The van der Waals surface area contributed by atoms with Gasteiger partial charge in [-0.15, -0.1) is 22.9 Å². The number of thiophene rings is 1. The first-order valence-corrected chi connectivity index (χ1v) is 8.68. The van der Waals surface area contributed by atoms with Crippen molar-refractivity contribution in [3.63, 3.8) is 0 Å². The second-order valence-electron chi connectivity index (χ2n) is 4.23. The molecule has 0 radical (unpaired) electrons. The Hall–Kier alpha value is -0.430. The van der Waals surface area contributed by atoms with Gasteiger partial charge in [0.1, 0.15) is 14.7 Å². The number of sulfone groups is 1. The van der Waals surface area contributed by atoms with Crippen molar-refractivity contribution in [3.05, 3.63) is 17.5 Å². The van der Waals surface area contributed by atoms with E-state index in [9.17, 15) is 13.2 Å². The summed E-state index contributed by atoms with van der Waals surface area (Å²) in [6, 6.07) is 3.22. The molecule has 108 valence electrons. The quantitative estimate of drug-likeness (QED) is 0.690. The van der Waals surface area contributed by atoms with Crippen LogP contribution in [0.4, 0.5) is 0 Å². The molecule has 7 heteroatoms. The minimum absolute atomic E-state index is 0.0130. The highest BCUT2D eigenvalue weighted by Crippen LogP contribution is 2.27. The molecule has 0 aromatic carbocycles. The molecular formula is C12H17ClO4S2. The normalized spacial score (nSPS) is 15.1. The summed E-state index contributed by atoms with van der Waals surface area (Å²) in [5, 5.41) is 1.70. The summed E-state index contributed by atoms with van der Waals surface area (Å²) in [5.41, 5.74) is 0. The Morgan fingerprint density at radius 2 is 2.16 bits per heavy atom. The zero-order valence-corrected chi connectivity index (χ0v) is 13.2. The van der Waals surface area contributed by atoms with Crippen LogP contribution < -0.4 is 0 Å². The molecule has 0 amide bonds. The van der Waals surface area contributed by atoms with Crippen molar-refractivity contribution in [1.29, 1.82) is 0 Å². The third kappa shape index (κ3) is 4.87. The first kappa shape index (κ1) is 16.6. The van der Waals surface area contributed by atoms with Gasteiger partial charge in [0.05, 0.1) is 6.10 Å². The van der Waals surface area contributed by atoms with Gasteiger partial charge in [0.2, 0.25) is 9.84 Å². The van der Waals surface area contributed by atoms with E-state index in [2.05, 4.69) is 0 Å². The average Bonchev–Trinajstić information content (AvgIpc) is 2.87. The fourth-order valence-corrected chi connectivity index (χ4v) is 4.69. The van der Waals surface area contributed by atoms with Gasteiger partial charge in [-0.05, 0) is 31.2 Å². The molecule has 0 saturated heterocycles. The van der Waals surface area contributed by atoms with Crippen molar-refractivity contribution in [2.45, 2.75) is 41.2 Å². The van der Waals surface area contributed by atoms with Crippen LogP contribution in [0, 0.1) is 0 Å². The Labute approximate surface area is 122 Å². The zero-order chi connectivity index (χ0) is 14.5. The SMILES string of the molecule is COC(CCC(Cl)S(=O)(=O)c1cccs1)CC(C)=O. The largest absolute Gasteiger partial charge is 0.381 e. The van der Waals surface area contributed by atoms with Crippen LogP contribution in [0.25, 0.3) is 0 Å². The van der Waals surface area contributed by atoms with Gasteiger partial charge in [-0.3, -0.25) is 4.79 Å². The molecule has 0 spiro atoms. The van der Waals surface area contributed by atoms with Crippen molar-refractivity contribution < 1.29 is 17.9 Å². The van der Waals surface area contributed by atoms with Crippen LogP contribution in [0.1, 0.15) is 26.2 Å². The number of ether oxygens (including phenoxy) is 1. The number of Topliss-reactive ketones (excluding diaryl/α,β-unsaturated/α-hetero) is 1. The summed E-state index contributed by atoms with van der Waals surface area (Å²) in [6.45, 7) is 1.48. The molecule has 2 atom stereocenters. The number of halogens is 1. The lowest BCUT2D eigenvalue weighted by Gasteiger charge is -2.15. The van der Waals surface area contributed by atoms with Crippen molar-refractivity contribution in [3.8, 4) is 0 Å². The second kappa shape index (κ2) is 7.38. The van der Waals surface area contributed by atoms with E-state index in [4.69, 9.17) is 16.3 Å². The van der Waals surface area contributed by atoms with Crippen LogP contribution >= 0.6 is 22.9 Å². The van der Waals surface area contributed by atoms with Gasteiger partial charge in [-0.25, -0.2) is 8.42 Å². The lowest BCUT2D eigenvalue weighted by atomic mass is 10.1. The van der Waals surface area contributed by atoms with Gasteiger partial charge in [0, 0.05) is 13.5 Å². The van der Waals surface area contributed by atoms with Crippen molar-refractivity contribution in [1.82, 2.24) is 0 Å². The van der Waals surface area contributed by atoms with E-state index in [1.807, 2.05) is 0 Å². The van der Waals surface area contributed by atoms with Crippen LogP contribution in [-0.4, -0.2) is 32.1 Å². The summed E-state index contributed by atoms with van der Waals surface area (Å²) in [5.74, 6) is 0.0130. The van der Waals surface area contributed by atoms with Crippen LogP contribution in [0.3, 0.4) is 0 Å². The highest BCUT2D eigenvalue weighted by Gasteiger charge is 2.27. The summed E-state index contributed by atoms with van der Waals surface area (Å²) >= 11 is 7.13. The second-order valence-corrected chi connectivity index (χ2v) is 8.32. The van der Waals surface area contributed by atoms with Crippen molar-refractivity contribution in [2.24, 2.45) is 0 Å². The molecule has 2 unspecified atom stereocenters. The average molecular weight is 325 g/mol. The molecule has 0 aliphatic carbocycles. The molecule has 0 aliphatic heterocycles. The summed E-state index contributed by atoms with van der Waals surface area (Å²) in [4.78, 5) is 11.0. The number of methoxy groups -OCH3 is 1. The van der Waals surface area contributed by atoms with Crippen LogP contribution in [0.5, 0.6) is 0 Å². The van der Waals surface area contributed by atoms with E-state index in [0.717, 1.165) is 11.3 Å². The summed E-state index contributed by atoms with van der Waals surface area (Å²) in [6.07, 6.45) is 0.694. The Kier molecular flexibility index (Phi) is 6.46. The Morgan fingerprint density at radius 3 is 2.63 bits per heavy atom. The molecule has 19 heavy (non-hydrogen) atoms. The molecule has 0 fully saturated rings. The smallest absolute Gasteiger partial charge is 0.204 e. The van der Waals surface area contributed by atoms with E-state index in [-0.39, 0.29) is 28.9 Å². The highest BCUT2D eigenvalue weighted by molar-refractivity contribution is 7.95. The molecular weight excluding hydrogens is 308 g/mol. The van der Waals surface area contributed by atoms with Gasteiger partial charge in [0.15, 0.2) is 0 Å². The fourth-order valence-electron chi connectivity index (χ4n) is 1.65. The molecule has 1 rings (SSSR count). The highest BCUT2D eigenvalue weighted by atomic mass is 35.5. The van der Waals surface area contributed by atoms with E-state index in [0.29, 0.717) is 6.42 Å². The van der Waals surface area contributed by atoms with E-state index in [1.165, 1.54) is 14.0 Å². The van der Waals surface area contributed by atoms with Crippen LogP contribution in [0.2, 0.25) is 0 Å². The van der Waals surface area contributed by atoms with Gasteiger partial charge >= 0.3 is 0 Å². The number of carbonyl (C=O) groups is 1. The van der Waals surface area contributed by atoms with Crippen LogP contribution in [-0.2, 0) is 19.4 Å². The minimum atomic E-state index is -3.48. The number of rotatable bonds is 8. The molecule has 0 bridgehead atoms. The van der Waals surface area contributed by atoms with Crippen molar-refractivity contribution >= 4 is 38.6 Å². The standard InChI is InChI=1S/C12H17ClO4S2/c1-9(14)8-10(17-2)5-6-11(13)19(15,16)12-4-3-7-18-12/h3-4,7,10-11H,5-6,8H2,1-2H3. The molecule has 0 saturated carbocycles. The maximum Gasteiger partial charge on any atom is 0.204 e. The topological polar surface area (TPSA) is 60.4 Å². The van der Waals surface area contributed by atoms with Gasteiger partial charge in [-0.2, -0.15) is 0 Å². The molecule has 0 N–H and O–H groups in total. The predicted octanol–water partition coefficient (Wildman–Crippen LogP) is 2.86. The third-order valence-corrected chi connectivity index (χ3v) is 6.85. The molecule has 1 heterocycles. The van der Waals surface area contributed by atoms with Gasteiger partial charge in [0.25, 0.3) is 0 Å². The number of hydrogen-bond donors (Lipinski definition) is 0. The van der Waals surface area contributed by atoms with Gasteiger partial charge < -0.3 is 4.74 Å². The summed E-state index contributed by atoms with van der Waals surface area (Å²) in [7, 11) is -1.98. The van der Waals surface area contributed by atoms with E-state index >= 15 is 0 Å². The summed E-state index contributed by atoms with van der Waals surface area (Å²) < 4.78 is 28.6. The van der Waals surface area contributed by atoms with E-state index in [1.54, 1.807) is 17.5 Å². The number of hydrogen-bond acceptors (Lipinski definition) is 5. The Morgan fingerprint density at radius 1 is 1.47 bits per heavy atom. The third-order valence-electron chi connectivity index (χ3n) is 2.68. The van der Waals surface area contributed by atoms with Gasteiger partial charge in [-0.1, -0.05) is 6.07 Å². The first-order chi connectivity index (χ1) is 8.87. The van der Waals surface area contributed by atoms with Crippen LogP contribution in [0.15, 0.2) is 21.7 Å². The van der Waals surface area contributed by atoms with E-state index < -0.39 is 14.5 Å². The Bertz CT molecular complexity index is 496. The number of ketones is 1. The number of carbonyl (C=O) groups excluding carboxylic acids is 1. The zero-order valence-electron chi connectivity index (χ0n) is 10.8. The maximum absolute atomic E-state index is 12.1. The Balaban J connectivity index is 2.60. The van der Waals surface area contributed by atoms with Crippen molar-refractivity contribution in [2.75, 3.05) is 7.11 Å². The monoisotopic (exact) mass is 324 g/mol. The maximum atomic E-state index is 12.1. The molecule has 4 nitrogen and oxygen atoms in total. The molecule has 0 aliphatic rings. The lowest BCUT2D eigenvalue weighted by Crippen LogP contribution is -2.20. The fraction of sp³-hybridized carbons (Fsp3) is 0.583. The molecule has 1 aromatic rings.